The normalized spacial score (nSPS) is 13.3. The molecule has 0 amide bonds. The largest absolute Gasteiger partial charge is 0.454 e. The molecule has 1 aliphatic rings. The van der Waals surface area contributed by atoms with Crippen LogP contribution in [0.2, 0.25) is 0 Å². The van der Waals surface area contributed by atoms with Gasteiger partial charge in [-0.25, -0.2) is 13.6 Å². The van der Waals surface area contributed by atoms with Gasteiger partial charge in [-0.1, -0.05) is 18.2 Å². The number of halogens is 3. The Kier molecular flexibility index (Phi) is 5.30. The van der Waals surface area contributed by atoms with Crippen LogP contribution in [-0.2, 0) is 16.2 Å². The average molecular weight is 464 g/mol. The van der Waals surface area contributed by atoms with Gasteiger partial charge in [0.25, 0.3) is 0 Å². The first-order chi connectivity index (χ1) is 14.9. The first kappa shape index (κ1) is 22.0. The summed E-state index contributed by atoms with van der Waals surface area (Å²) in [6.45, 7) is -0.00402. The number of nitrogens with zero attached hydrogens (tertiary/aromatic N) is 1. The number of nitrogens with two attached hydrogens (primary N) is 1. The molecular formula is C22H19F3N2O4S. The molecule has 0 radical (unpaired) electrons. The van der Waals surface area contributed by atoms with Crippen molar-refractivity contribution in [2.45, 2.75) is 11.1 Å². The topological polar surface area (TPSA) is 81.9 Å². The van der Waals surface area contributed by atoms with Gasteiger partial charge in [-0.3, -0.25) is 0 Å². The van der Waals surface area contributed by atoms with Gasteiger partial charge in [-0.2, -0.15) is 13.2 Å². The number of fused-ring (bicyclic) bond motifs is 1. The van der Waals surface area contributed by atoms with E-state index in [9.17, 15) is 21.6 Å². The third-order valence-electron chi connectivity index (χ3n) is 5.10. The van der Waals surface area contributed by atoms with Gasteiger partial charge in [0.2, 0.25) is 16.8 Å². The van der Waals surface area contributed by atoms with Crippen LogP contribution in [0.25, 0.3) is 22.3 Å². The quantitative estimate of drug-likeness (QED) is 0.616. The van der Waals surface area contributed by atoms with Crippen molar-refractivity contribution in [1.82, 2.24) is 0 Å². The number of ether oxygens (including phenoxy) is 2. The van der Waals surface area contributed by atoms with E-state index in [0.717, 1.165) is 6.07 Å². The summed E-state index contributed by atoms with van der Waals surface area (Å²) in [6.07, 6.45) is -4.55. The van der Waals surface area contributed by atoms with Crippen molar-refractivity contribution in [3.05, 3.63) is 60.2 Å². The van der Waals surface area contributed by atoms with Gasteiger partial charge in [0.05, 0.1) is 10.5 Å². The second-order valence-electron chi connectivity index (χ2n) is 7.44. The lowest BCUT2D eigenvalue weighted by molar-refractivity contribution is -0.137. The molecule has 4 rings (SSSR count). The maximum atomic E-state index is 13.8. The van der Waals surface area contributed by atoms with Gasteiger partial charge in [-0.05, 0) is 58.7 Å². The third-order valence-corrected chi connectivity index (χ3v) is 6.03. The summed E-state index contributed by atoms with van der Waals surface area (Å²) < 4.78 is 75.3. The molecule has 0 fully saturated rings. The summed E-state index contributed by atoms with van der Waals surface area (Å²) >= 11 is 0. The zero-order valence-corrected chi connectivity index (χ0v) is 17.9. The zero-order valence-electron chi connectivity index (χ0n) is 17.1. The van der Waals surface area contributed by atoms with Crippen molar-refractivity contribution in [2.24, 2.45) is 5.14 Å². The van der Waals surface area contributed by atoms with Gasteiger partial charge in [-0.15, -0.1) is 0 Å². The lowest BCUT2D eigenvalue weighted by Gasteiger charge is -2.21. The Morgan fingerprint density at radius 2 is 1.41 bits per heavy atom. The molecule has 1 heterocycles. The Labute approximate surface area is 183 Å². The van der Waals surface area contributed by atoms with Crippen LogP contribution in [0.3, 0.4) is 0 Å². The molecule has 10 heteroatoms. The third kappa shape index (κ3) is 4.11. The van der Waals surface area contributed by atoms with Gasteiger partial charge < -0.3 is 14.4 Å². The first-order valence-electron chi connectivity index (χ1n) is 9.41. The van der Waals surface area contributed by atoms with Crippen molar-refractivity contribution in [2.75, 3.05) is 25.8 Å². The minimum Gasteiger partial charge on any atom is -0.454 e. The molecule has 0 aromatic heterocycles. The summed E-state index contributed by atoms with van der Waals surface area (Å²) in [7, 11) is -0.793. The molecule has 0 saturated heterocycles. The molecule has 0 spiro atoms. The fraction of sp³-hybridized carbons (Fsp3) is 0.182. The van der Waals surface area contributed by atoms with Gasteiger partial charge >= 0.3 is 6.18 Å². The van der Waals surface area contributed by atoms with E-state index in [4.69, 9.17) is 14.6 Å². The second-order valence-corrected chi connectivity index (χ2v) is 9.01. The highest BCUT2D eigenvalue weighted by molar-refractivity contribution is 7.89. The van der Waals surface area contributed by atoms with E-state index in [-0.39, 0.29) is 17.4 Å². The zero-order chi connectivity index (χ0) is 23.3. The predicted octanol–water partition coefficient (Wildman–Crippen LogP) is 4.48. The van der Waals surface area contributed by atoms with Crippen molar-refractivity contribution < 1.29 is 31.1 Å². The van der Waals surface area contributed by atoms with Crippen LogP contribution in [0.1, 0.15) is 5.56 Å². The van der Waals surface area contributed by atoms with E-state index in [2.05, 4.69) is 0 Å². The lowest BCUT2D eigenvalue weighted by Crippen LogP contribution is -2.16. The summed E-state index contributed by atoms with van der Waals surface area (Å²) in [5.74, 6) is 0.857. The molecular weight excluding hydrogens is 445 g/mol. The van der Waals surface area contributed by atoms with E-state index >= 15 is 0 Å². The Morgan fingerprint density at radius 3 is 1.91 bits per heavy atom. The molecule has 3 aromatic rings. The van der Waals surface area contributed by atoms with Crippen LogP contribution in [0.4, 0.5) is 18.9 Å². The van der Waals surface area contributed by atoms with E-state index in [1.165, 1.54) is 23.1 Å². The summed E-state index contributed by atoms with van der Waals surface area (Å²) in [5, 5.41) is 5.16. The fourth-order valence-corrected chi connectivity index (χ4v) is 4.08. The summed E-state index contributed by atoms with van der Waals surface area (Å²) in [6, 6.07) is 13.2. The smallest absolute Gasteiger partial charge is 0.418 e. The highest BCUT2D eigenvalue weighted by Crippen LogP contribution is 2.45. The van der Waals surface area contributed by atoms with Crippen LogP contribution < -0.4 is 19.5 Å². The molecule has 0 aliphatic carbocycles. The number of anilines is 1. The molecule has 6 nitrogen and oxygen atoms in total. The van der Waals surface area contributed by atoms with Crippen molar-refractivity contribution in [3.63, 3.8) is 0 Å². The predicted molar refractivity (Wildman–Crippen MR) is 114 cm³/mol. The average Bonchev–Trinajstić information content (AvgIpc) is 3.19. The molecule has 32 heavy (non-hydrogen) atoms. The maximum absolute atomic E-state index is 13.8. The molecule has 1 aliphatic heterocycles. The highest BCUT2D eigenvalue weighted by Gasteiger charge is 2.34. The van der Waals surface area contributed by atoms with E-state index in [1.807, 2.05) is 0 Å². The van der Waals surface area contributed by atoms with E-state index < -0.39 is 21.8 Å². The highest BCUT2D eigenvalue weighted by atomic mass is 32.2. The molecule has 0 atom stereocenters. The van der Waals surface area contributed by atoms with Gasteiger partial charge in [0.1, 0.15) is 0 Å². The molecule has 3 aromatic carbocycles. The van der Waals surface area contributed by atoms with Crippen LogP contribution >= 0.6 is 0 Å². The van der Waals surface area contributed by atoms with Gasteiger partial charge in [0, 0.05) is 19.8 Å². The Morgan fingerprint density at radius 1 is 0.875 bits per heavy atom. The van der Waals surface area contributed by atoms with E-state index in [0.29, 0.717) is 33.8 Å². The Bertz CT molecular complexity index is 1290. The number of hydrogen-bond donors (Lipinski definition) is 1. The van der Waals surface area contributed by atoms with E-state index in [1.54, 1.807) is 44.4 Å². The molecule has 0 unspecified atom stereocenters. The molecule has 168 valence electrons. The molecule has 0 bridgehead atoms. The molecule has 2 N–H and O–H groups in total. The van der Waals surface area contributed by atoms with Gasteiger partial charge in [0.15, 0.2) is 11.5 Å². The minimum absolute atomic E-state index is 0.00402. The summed E-state index contributed by atoms with van der Waals surface area (Å²) in [5.41, 5.74) is 1.21. The van der Waals surface area contributed by atoms with Crippen molar-refractivity contribution in [1.29, 1.82) is 0 Å². The van der Waals surface area contributed by atoms with Crippen LogP contribution in [-0.4, -0.2) is 29.3 Å². The van der Waals surface area contributed by atoms with Crippen LogP contribution in [0, 0.1) is 0 Å². The fourth-order valence-electron chi connectivity index (χ4n) is 3.56. The van der Waals surface area contributed by atoms with Crippen LogP contribution in [0.15, 0.2) is 59.5 Å². The number of benzene rings is 3. The standard InChI is InChI=1S/C22H19F3N2O4S/c1-27(2)19-8-5-14(9-18(19)22(23,24)25)17-11-21-20(30-12-31-21)10-16(17)13-3-6-15(7-4-13)32(26,28)29/h3-11H,12H2,1-2H3,(H2,26,28,29). The number of hydrogen-bond acceptors (Lipinski definition) is 5. The molecule has 0 saturated carbocycles. The van der Waals surface area contributed by atoms with Crippen LogP contribution in [0.5, 0.6) is 11.5 Å². The minimum atomic E-state index is -4.55. The van der Waals surface area contributed by atoms with Crippen molar-refractivity contribution >= 4 is 15.7 Å². The lowest BCUT2D eigenvalue weighted by atomic mass is 9.92. The number of rotatable bonds is 4. The monoisotopic (exact) mass is 464 g/mol. The Hall–Kier alpha value is -3.24. The number of primary sulfonamides is 1. The first-order valence-corrected chi connectivity index (χ1v) is 11.0. The number of sulfonamides is 1. The van der Waals surface area contributed by atoms with Crippen molar-refractivity contribution in [3.8, 4) is 33.8 Å². The second kappa shape index (κ2) is 7.72. The Balaban J connectivity index is 1.92. The maximum Gasteiger partial charge on any atom is 0.418 e. The summed E-state index contributed by atoms with van der Waals surface area (Å²) in [4.78, 5) is 1.33. The number of alkyl halides is 3. The SMILES string of the molecule is CN(C)c1ccc(-c2cc3c(cc2-c2ccc(S(N)(=O)=O)cc2)OCO3)cc1C(F)(F)F.